The van der Waals surface area contributed by atoms with Crippen LogP contribution in [-0.2, 0) is 16.0 Å². The van der Waals surface area contributed by atoms with Crippen molar-refractivity contribution < 1.29 is 14.3 Å². The Hall–Kier alpha value is -1.26. The Labute approximate surface area is 131 Å². The van der Waals surface area contributed by atoms with E-state index in [0.717, 1.165) is 12.0 Å². The first-order chi connectivity index (χ1) is 9.99. The molecule has 21 heavy (non-hydrogen) atoms. The number of hydrogen-bond donors (Lipinski definition) is 1. The average Bonchev–Trinajstić information content (AvgIpc) is 2.42. The maximum Gasteiger partial charge on any atom is 0.347 e. The van der Waals surface area contributed by atoms with Crippen LogP contribution < -0.4 is 10.5 Å². The summed E-state index contributed by atoms with van der Waals surface area (Å²) in [7, 11) is 0. The minimum absolute atomic E-state index is 0.0422. The van der Waals surface area contributed by atoms with E-state index in [4.69, 9.17) is 26.8 Å². The van der Waals surface area contributed by atoms with E-state index in [2.05, 4.69) is 0 Å². The molecule has 0 heterocycles. The lowest BCUT2D eigenvalue weighted by atomic mass is 10.1. The second kappa shape index (κ2) is 8.90. The lowest BCUT2D eigenvalue weighted by Crippen LogP contribution is -2.30. The molecule has 0 fully saturated rings. The number of halogens is 1. The molecule has 2 N–H and O–H groups in total. The molecule has 1 aromatic rings. The van der Waals surface area contributed by atoms with Crippen LogP contribution in [0.2, 0.25) is 5.02 Å². The molecule has 0 aliphatic rings. The topological polar surface area (TPSA) is 61.5 Å². The molecular formula is C16H24ClNO3. The van der Waals surface area contributed by atoms with Crippen molar-refractivity contribution in [1.82, 2.24) is 0 Å². The molecule has 4 nitrogen and oxygen atoms in total. The van der Waals surface area contributed by atoms with Crippen LogP contribution in [0.1, 0.15) is 39.2 Å². The summed E-state index contributed by atoms with van der Waals surface area (Å²) in [4.78, 5) is 12.0. The highest BCUT2D eigenvalue weighted by Crippen LogP contribution is 2.29. The van der Waals surface area contributed by atoms with Crippen LogP contribution in [-0.4, -0.2) is 24.7 Å². The van der Waals surface area contributed by atoms with Gasteiger partial charge in [-0.25, -0.2) is 4.79 Å². The molecule has 0 aliphatic carbocycles. The summed E-state index contributed by atoms with van der Waals surface area (Å²) in [5.74, 6) is 0.261. The van der Waals surface area contributed by atoms with Crippen molar-refractivity contribution in [2.45, 2.75) is 52.2 Å². The van der Waals surface area contributed by atoms with E-state index < -0.39 is 6.10 Å². The third-order valence-electron chi connectivity index (χ3n) is 2.97. The smallest absolute Gasteiger partial charge is 0.347 e. The average molecular weight is 314 g/mol. The SMILES string of the molecule is CCCC(Oc1cccc(Cl)c1CC(C)N)C(=O)OCC. The molecule has 2 unspecified atom stereocenters. The molecule has 118 valence electrons. The van der Waals surface area contributed by atoms with Gasteiger partial charge in [-0.3, -0.25) is 0 Å². The summed E-state index contributed by atoms with van der Waals surface area (Å²) in [6.45, 7) is 6.02. The summed E-state index contributed by atoms with van der Waals surface area (Å²) in [5, 5.41) is 0.601. The molecule has 2 atom stereocenters. The summed E-state index contributed by atoms with van der Waals surface area (Å²) in [6, 6.07) is 5.37. The third-order valence-corrected chi connectivity index (χ3v) is 3.33. The highest BCUT2D eigenvalue weighted by molar-refractivity contribution is 6.31. The van der Waals surface area contributed by atoms with Gasteiger partial charge in [0.25, 0.3) is 0 Å². The van der Waals surface area contributed by atoms with Crippen molar-refractivity contribution in [3.05, 3.63) is 28.8 Å². The quantitative estimate of drug-likeness (QED) is 0.748. The van der Waals surface area contributed by atoms with Crippen LogP contribution in [0.5, 0.6) is 5.75 Å². The molecule has 0 saturated carbocycles. The van der Waals surface area contributed by atoms with E-state index in [-0.39, 0.29) is 12.0 Å². The zero-order valence-corrected chi connectivity index (χ0v) is 13.7. The van der Waals surface area contributed by atoms with Gasteiger partial charge in [-0.1, -0.05) is 31.0 Å². The molecule has 0 bridgehead atoms. The standard InChI is InChI=1S/C16H24ClNO3/c1-4-7-15(16(19)20-5-2)21-14-9-6-8-13(17)12(14)10-11(3)18/h6,8-9,11,15H,4-5,7,10,18H2,1-3H3. The first-order valence-electron chi connectivity index (χ1n) is 7.35. The van der Waals surface area contributed by atoms with Crippen molar-refractivity contribution in [3.63, 3.8) is 0 Å². The van der Waals surface area contributed by atoms with Crippen molar-refractivity contribution in [3.8, 4) is 5.75 Å². The summed E-state index contributed by atoms with van der Waals surface area (Å²) in [6.07, 6.45) is 1.41. The van der Waals surface area contributed by atoms with Crippen LogP contribution in [0.4, 0.5) is 0 Å². The van der Waals surface area contributed by atoms with Crippen molar-refractivity contribution in [1.29, 1.82) is 0 Å². The predicted octanol–water partition coefficient (Wildman–Crippen LogP) is 3.34. The van der Waals surface area contributed by atoms with Gasteiger partial charge >= 0.3 is 5.97 Å². The minimum atomic E-state index is -0.611. The number of rotatable bonds is 8. The van der Waals surface area contributed by atoms with E-state index in [1.54, 1.807) is 19.1 Å². The van der Waals surface area contributed by atoms with E-state index in [1.807, 2.05) is 19.9 Å². The second-order valence-corrected chi connectivity index (χ2v) is 5.45. The van der Waals surface area contributed by atoms with Crippen LogP contribution in [0.3, 0.4) is 0 Å². The largest absolute Gasteiger partial charge is 0.478 e. The van der Waals surface area contributed by atoms with Crippen LogP contribution >= 0.6 is 11.6 Å². The van der Waals surface area contributed by atoms with Gasteiger partial charge < -0.3 is 15.2 Å². The summed E-state index contributed by atoms with van der Waals surface area (Å²) in [5.41, 5.74) is 6.69. The third kappa shape index (κ3) is 5.56. The molecule has 0 aliphatic heterocycles. The van der Waals surface area contributed by atoms with Crippen LogP contribution in [0.25, 0.3) is 0 Å². The fourth-order valence-corrected chi connectivity index (χ4v) is 2.29. The normalized spacial score (nSPS) is 13.6. The van der Waals surface area contributed by atoms with Crippen LogP contribution in [0, 0.1) is 0 Å². The molecule has 0 radical (unpaired) electrons. The molecule has 0 saturated heterocycles. The van der Waals surface area contributed by atoms with Gasteiger partial charge in [0.2, 0.25) is 0 Å². The lowest BCUT2D eigenvalue weighted by Gasteiger charge is -2.20. The molecule has 5 heteroatoms. The number of carbonyl (C=O) groups is 1. The minimum Gasteiger partial charge on any atom is -0.478 e. The Balaban J connectivity index is 2.97. The van der Waals surface area contributed by atoms with Crippen molar-refractivity contribution in [2.24, 2.45) is 5.73 Å². The number of benzene rings is 1. The molecule has 0 aromatic heterocycles. The zero-order chi connectivity index (χ0) is 15.8. The number of hydrogen-bond acceptors (Lipinski definition) is 4. The van der Waals surface area contributed by atoms with Crippen LogP contribution in [0.15, 0.2) is 18.2 Å². The first-order valence-corrected chi connectivity index (χ1v) is 7.73. The fraction of sp³-hybridized carbons (Fsp3) is 0.562. The zero-order valence-electron chi connectivity index (χ0n) is 12.9. The van der Waals surface area contributed by atoms with Crippen molar-refractivity contribution >= 4 is 17.6 Å². The molecular weight excluding hydrogens is 290 g/mol. The fourth-order valence-electron chi connectivity index (χ4n) is 2.04. The Bertz CT molecular complexity index is 463. The monoisotopic (exact) mass is 313 g/mol. The van der Waals surface area contributed by atoms with Gasteiger partial charge in [-0.15, -0.1) is 0 Å². The van der Waals surface area contributed by atoms with Gasteiger partial charge in [-0.2, -0.15) is 0 Å². The van der Waals surface area contributed by atoms with Crippen molar-refractivity contribution in [2.75, 3.05) is 6.61 Å². The molecule has 0 amide bonds. The Morgan fingerprint density at radius 3 is 2.67 bits per heavy atom. The van der Waals surface area contributed by atoms with E-state index >= 15 is 0 Å². The highest BCUT2D eigenvalue weighted by Gasteiger charge is 2.22. The first kappa shape index (κ1) is 17.8. The maximum absolute atomic E-state index is 12.0. The Kier molecular flexibility index (Phi) is 7.54. The van der Waals surface area contributed by atoms with Gasteiger partial charge in [0.1, 0.15) is 5.75 Å². The van der Waals surface area contributed by atoms with Gasteiger partial charge in [-0.05, 0) is 38.8 Å². The maximum atomic E-state index is 12.0. The van der Waals surface area contributed by atoms with E-state index in [1.165, 1.54) is 0 Å². The number of ether oxygens (including phenoxy) is 2. The van der Waals surface area contributed by atoms with Gasteiger partial charge in [0.05, 0.1) is 6.61 Å². The number of esters is 1. The molecule has 1 aromatic carbocycles. The lowest BCUT2D eigenvalue weighted by molar-refractivity contribution is -0.151. The molecule has 1 rings (SSSR count). The second-order valence-electron chi connectivity index (χ2n) is 5.05. The number of carbonyl (C=O) groups excluding carboxylic acids is 1. The Morgan fingerprint density at radius 1 is 1.38 bits per heavy atom. The van der Waals surface area contributed by atoms with E-state index in [9.17, 15) is 4.79 Å². The Morgan fingerprint density at radius 2 is 2.10 bits per heavy atom. The predicted molar refractivity (Wildman–Crippen MR) is 84.8 cm³/mol. The van der Waals surface area contributed by atoms with E-state index in [0.29, 0.717) is 30.2 Å². The van der Waals surface area contributed by atoms with Gasteiger partial charge in [0.15, 0.2) is 6.10 Å². The summed E-state index contributed by atoms with van der Waals surface area (Å²) < 4.78 is 10.9. The summed E-state index contributed by atoms with van der Waals surface area (Å²) >= 11 is 6.22. The number of nitrogens with two attached hydrogens (primary N) is 1. The molecule has 0 spiro atoms. The highest BCUT2D eigenvalue weighted by atomic mass is 35.5. The van der Waals surface area contributed by atoms with Gasteiger partial charge in [0, 0.05) is 16.6 Å².